The van der Waals surface area contributed by atoms with Crippen molar-refractivity contribution in [2.45, 2.75) is 5.16 Å². The lowest BCUT2D eigenvalue weighted by molar-refractivity contribution is 0.102. The van der Waals surface area contributed by atoms with Crippen molar-refractivity contribution in [1.82, 2.24) is 20.2 Å². The van der Waals surface area contributed by atoms with Crippen LogP contribution >= 0.6 is 11.8 Å². The van der Waals surface area contributed by atoms with Gasteiger partial charge in [0, 0.05) is 5.56 Å². The predicted octanol–water partition coefficient (Wildman–Crippen LogP) is 2.78. The standard InChI is InChI=1S/C15H12FN5OS/c1-23-15-18-19-20-21(15)11-8-6-10(7-9-11)14(22)17-13-5-3-2-4-12(13)16/h2-9H,1H3,(H,17,22). The number of rotatable bonds is 4. The zero-order chi connectivity index (χ0) is 16.2. The van der Waals surface area contributed by atoms with Crippen molar-refractivity contribution < 1.29 is 9.18 Å². The lowest BCUT2D eigenvalue weighted by atomic mass is 10.2. The highest BCUT2D eigenvalue weighted by molar-refractivity contribution is 7.98. The Labute approximate surface area is 135 Å². The summed E-state index contributed by atoms with van der Waals surface area (Å²) in [4.78, 5) is 12.2. The van der Waals surface area contributed by atoms with Gasteiger partial charge in [0.1, 0.15) is 5.82 Å². The summed E-state index contributed by atoms with van der Waals surface area (Å²) < 4.78 is 15.1. The fraction of sp³-hybridized carbons (Fsp3) is 0.0667. The van der Waals surface area contributed by atoms with Crippen molar-refractivity contribution in [1.29, 1.82) is 0 Å². The molecule has 0 spiro atoms. The normalized spacial score (nSPS) is 10.5. The zero-order valence-electron chi connectivity index (χ0n) is 12.1. The summed E-state index contributed by atoms with van der Waals surface area (Å²) in [6.07, 6.45) is 1.87. The Morgan fingerprint density at radius 1 is 1.17 bits per heavy atom. The van der Waals surface area contributed by atoms with Crippen molar-refractivity contribution >= 4 is 23.4 Å². The maximum absolute atomic E-state index is 13.6. The average molecular weight is 329 g/mol. The van der Waals surface area contributed by atoms with E-state index in [1.807, 2.05) is 6.26 Å². The second kappa shape index (κ2) is 6.57. The molecule has 23 heavy (non-hydrogen) atoms. The number of amides is 1. The minimum Gasteiger partial charge on any atom is -0.319 e. The SMILES string of the molecule is CSc1nnnn1-c1ccc(C(=O)Nc2ccccc2F)cc1. The molecule has 116 valence electrons. The molecule has 2 aromatic carbocycles. The number of nitrogens with zero attached hydrogens (tertiary/aromatic N) is 4. The maximum atomic E-state index is 13.6. The number of benzene rings is 2. The first-order valence-electron chi connectivity index (χ1n) is 6.68. The molecule has 0 radical (unpaired) electrons. The fourth-order valence-corrected chi connectivity index (χ4v) is 2.41. The summed E-state index contributed by atoms with van der Waals surface area (Å²) in [6.45, 7) is 0. The molecule has 1 N–H and O–H groups in total. The number of aromatic nitrogens is 4. The van der Waals surface area contributed by atoms with E-state index in [0.717, 1.165) is 5.69 Å². The van der Waals surface area contributed by atoms with Gasteiger partial charge in [0.15, 0.2) is 0 Å². The van der Waals surface area contributed by atoms with Crippen LogP contribution in [-0.4, -0.2) is 32.4 Å². The minimum atomic E-state index is -0.476. The second-order valence-corrected chi connectivity index (χ2v) is 5.33. The Kier molecular flexibility index (Phi) is 4.33. The summed E-state index contributed by atoms with van der Waals surface area (Å²) >= 11 is 1.42. The first-order valence-corrected chi connectivity index (χ1v) is 7.90. The van der Waals surface area contributed by atoms with Gasteiger partial charge in [-0.2, -0.15) is 4.68 Å². The first-order chi connectivity index (χ1) is 11.2. The topological polar surface area (TPSA) is 72.7 Å². The lowest BCUT2D eigenvalue weighted by Gasteiger charge is -2.07. The van der Waals surface area contributed by atoms with E-state index in [2.05, 4.69) is 20.8 Å². The monoisotopic (exact) mass is 329 g/mol. The molecule has 1 aromatic heterocycles. The molecule has 0 saturated carbocycles. The molecule has 0 unspecified atom stereocenters. The molecule has 0 aliphatic carbocycles. The van der Waals surface area contributed by atoms with Crippen molar-refractivity contribution in [2.75, 3.05) is 11.6 Å². The van der Waals surface area contributed by atoms with Crippen LogP contribution in [0.2, 0.25) is 0 Å². The Hall–Kier alpha value is -2.74. The zero-order valence-corrected chi connectivity index (χ0v) is 12.9. The van der Waals surface area contributed by atoms with Crippen molar-refractivity contribution in [3.05, 3.63) is 59.9 Å². The molecule has 3 aromatic rings. The summed E-state index contributed by atoms with van der Waals surface area (Å²) in [6, 6.07) is 12.7. The van der Waals surface area contributed by atoms with E-state index in [1.54, 1.807) is 41.1 Å². The van der Waals surface area contributed by atoms with Gasteiger partial charge in [-0.1, -0.05) is 23.9 Å². The third-order valence-electron chi connectivity index (χ3n) is 3.12. The maximum Gasteiger partial charge on any atom is 0.255 e. The molecule has 1 heterocycles. The highest BCUT2D eigenvalue weighted by Gasteiger charge is 2.11. The molecule has 3 rings (SSSR count). The predicted molar refractivity (Wildman–Crippen MR) is 85.3 cm³/mol. The van der Waals surface area contributed by atoms with E-state index >= 15 is 0 Å². The molecule has 0 aliphatic heterocycles. The van der Waals surface area contributed by atoms with Crippen LogP contribution in [0.15, 0.2) is 53.7 Å². The second-order valence-electron chi connectivity index (χ2n) is 4.56. The molecular formula is C15H12FN5OS. The number of carbonyl (C=O) groups excluding carboxylic acids is 1. The number of tetrazole rings is 1. The Morgan fingerprint density at radius 2 is 1.91 bits per heavy atom. The Bertz CT molecular complexity index is 834. The number of thioether (sulfide) groups is 1. The molecule has 0 saturated heterocycles. The highest BCUT2D eigenvalue weighted by atomic mass is 32.2. The van der Waals surface area contributed by atoms with Gasteiger partial charge < -0.3 is 5.32 Å². The molecular weight excluding hydrogens is 317 g/mol. The minimum absolute atomic E-state index is 0.145. The van der Waals surface area contributed by atoms with Crippen molar-refractivity contribution in [3.63, 3.8) is 0 Å². The van der Waals surface area contributed by atoms with Crippen molar-refractivity contribution in [3.8, 4) is 5.69 Å². The number of anilines is 1. The van der Waals surface area contributed by atoms with E-state index in [9.17, 15) is 9.18 Å². The Morgan fingerprint density at radius 3 is 2.61 bits per heavy atom. The molecule has 1 amide bonds. The largest absolute Gasteiger partial charge is 0.319 e. The van der Waals surface area contributed by atoms with Gasteiger partial charge in [0.2, 0.25) is 5.16 Å². The number of halogens is 1. The molecule has 0 atom stereocenters. The van der Waals surface area contributed by atoms with Crippen LogP contribution in [0.5, 0.6) is 0 Å². The van der Waals surface area contributed by atoms with Crippen LogP contribution < -0.4 is 5.32 Å². The van der Waals surface area contributed by atoms with Crippen LogP contribution in [0.25, 0.3) is 5.69 Å². The number of hydrogen-bond donors (Lipinski definition) is 1. The summed E-state index contributed by atoms with van der Waals surface area (Å²) in [5.74, 6) is -0.862. The van der Waals surface area contributed by atoms with Gasteiger partial charge >= 0.3 is 0 Å². The number of nitrogens with one attached hydrogen (secondary N) is 1. The molecule has 0 bridgehead atoms. The molecule has 0 aliphatic rings. The molecule has 0 fully saturated rings. The lowest BCUT2D eigenvalue weighted by Crippen LogP contribution is -2.13. The quantitative estimate of drug-likeness (QED) is 0.745. The first kappa shape index (κ1) is 15.2. The summed E-state index contributed by atoms with van der Waals surface area (Å²) in [5.41, 5.74) is 1.30. The van der Waals surface area contributed by atoms with Gasteiger partial charge in [-0.25, -0.2) is 4.39 Å². The van der Waals surface area contributed by atoms with Crippen LogP contribution in [0, 0.1) is 5.82 Å². The van der Waals surface area contributed by atoms with Crippen LogP contribution in [0.4, 0.5) is 10.1 Å². The van der Waals surface area contributed by atoms with E-state index in [1.165, 1.54) is 23.9 Å². The highest BCUT2D eigenvalue weighted by Crippen LogP contribution is 2.17. The van der Waals surface area contributed by atoms with Crippen LogP contribution in [0.3, 0.4) is 0 Å². The number of carbonyl (C=O) groups is 1. The van der Waals surface area contributed by atoms with Gasteiger partial charge in [0.25, 0.3) is 5.91 Å². The van der Waals surface area contributed by atoms with Crippen molar-refractivity contribution in [2.24, 2.45) is 0 Å². The van der Waals surface area contributed by atoms with Crippen LogP contribution in [-0.2, 0) is 0 Å². The van der Waals surface area contributed by atoms with Gasteiger partial charge in [-0.05, 0) is 53.1 Å². The third-order valence-corrected chi connectivity index (χ3v) is 3.74. The number of para-hydroxylation sites is 1. The fourth-order valence-electron chi connectivity index (χ4n) is 1.98. The van der Waals surface area contributed by atoms with Crippen LogP contribution in [0.1, 0.15) is 10.4 Å². The third kappa shape index (κ3) is 3.21. The number of hydrogen-bond acceptors (Lipinski definition) is 5. The van der Waals surface area contributed by atoms with Gasteiger partial charge in [-0.15, -0.1) is 5.10 Å². The molecule has 6 nitrogen and oxygen atoms in total. The average Bonchev–Trinajstić information content (AvgIpc) is 3.05. The van der Waals surface area contributed by atoms with E-state index < -0.39 is 5.82 Å². The Balaban J connectivity index is 1.79. The smallest absolute Gasteiger partial charge is 0.255 e. The summed E-state index contributed by atoms with van der Waals surface area (Å²) in [7, 11) is 0. The van der Waals surface area contributed by atoms with E-state index in [-0.39, 0.29) is 11.6 Å². The summed E-state index contributed by atoms with van der Waals surface area (Å²) in [5, 5.41) is 14.6. The molecule has 8 heteroatoms. The van der Waals surface area contributed by atoms with E-state index in [0.29, 0.717) is 10.7 Å². The van der Waals surface area contributed by atoms with Gasteiger partial charge in [0.05, 0.1) is 11.4 Å². The van der Waals surface area contributed by atoms with Gasteiger partial charge in [-0.3, -0.25) is 4.79 Å². The van der Waals surface area contributed by atoms with E-state index in [4.69, 9.17) is 0 Å².